The molecule has 7 nitrogen and oxygen atoms in total. The fraction of sp³-hybridized carbons (Fsp3) is 0.238. The van der Waals surface area contributed by atoms with E-state index in [0.29, 0.717) is 27.6 Å². The Morgan fingerprint density at radius 1 is 1.10 bits per heavy atom. The van der Waals surface area contributed by atoms with Crippen molar-refractivity contribution in [3.63, 3.8) is 0 Å². The van der Waals surface area contributed by atoms with Crippen LogP contribution in [-0.2, 0) is 9.59 Å². The number of carbonyl (C=O) groups excluding carboxylic acids is 2. The molecule has 0 unspecified atom stereocenters. The highest BCUT2D eigenvalue weighted by molar-refractivity contribution is 6.46. The zero-order valence-corrected chi connectivity index (χ0v) is 16.6. The van der Waals surface area contributed by atoms with E-state index in [1.807, 2.05) is 0 Å². The molecule has 3 rings (SSSR count). The summed E-state index contributed by atoms with van der Waals surface area (Å²) in [6, 6.07) is 10.3. The number of nitrogens with zero attached hydrogens (tertiary/aromatic N) is 1. The highest BCUT2D eigenvalue weighted by Gasteiger charge is 2.46. The van der Waals surface area contributed by atoms with Crippen LogP contribution in [0.4, 0.5) is 0 Å². The number of likely N-dealkylation sites (tertiary alicyclic amines) is 1. The molecule has 29 heavy (non-hydrogen) atoms. The average molecular weight is 418 g/mol. The molecule has 1 atom stereocenters. The molecule has 0 aromatic heterocycles. The van der Waals surface area contributed by atoms with Crippen LogP contribution in [-0.4, -0.2) is 54.2 Å². The topological polar surface area (TPSA) is 96.3 Å². The van der Waals surface area contributed by atoms with Gasteiger partial charge in [-0.3, -0.25) is 9.59 Å². The van der Waals surface area contributed by atoms with Gasteiger partial charge in [-0.15, -0.1) is 0 Å². The van der Waals surface area contributed by atoms with Gasteiger partial charge in [-0.2, -0.15) is 0 Å². The maximum atomic E-state index is 12.8. The SMILES string of the molecule is COc1ccc([C@@H]2C(=C(O)c3ccc(Cl)cc3)C(=O)C(=O)N2CCO)c(OC)c1. The van der Waals surface area contributed by atoms with Gasteiger partial charge in [0.05, 0.1) is 32.4 Å². The number of methoxy groups -OCH3 is 2. The van der Waals surface area contributed by atoms with E-state index in [0.717, 1.165) is 0 Å². The van der Waals surface area contributed by atoms with Crippen LogP contribution in [0.15, 0.2) is 48.0 Å². The number of aliphatic hydroxyl groups is 2. The van der Waals surface area contributed by atoms with Gasteiger partial charge in [0.25, 0.3) is 11.7 Å². The summed E-state index contributed by atoms with van der Waals surface area (Å²) in [6.45, 7) is -0.426. The number of hydrogen-bond acceptors (Lipinski definition) is 6. The Morgan fingerprint density at radius 2 is 1.79 bits per heavy atom. The minimum atomic E-state index is -0.932. The number of hydrogen-bond donors (Lipinski definition) is 2. The van der Waals surface area contributed by atoms with Crippen LogP contribution in [0.3, 0.4) is 0 Å². The van der Waals surface area contributed by atoms with E-state index in [2.05, 4.69) is 0 Å². The lowest BCUT2D eigenvalue weighted by Gasteiger charge is -2.26. The molecule has 1 saturated heterocycles. The Bertz CT molecular complexity index is 970. The maximum absolute atomic E-state index is 12.8. The first kappa shape index (κ1) is 20.7. The van der Waals surface area contributed by atoms with Crippen molar-refractivity contribution in [2.24, 2.45) is 0 Å². The molecular weight excluding hydrogens is 398 g/mol. The number of ketones is 1. The molecule has 8 heteroatoms. The van der Waals surface area contributed by atoms with E-state index in [1.54, 1.807) is 42.5 Å². The molecule has 0 radical (unpaired) electrons. The van der Waals surface area contributed by atoms with E-state index in [1.165, 1.54) is 19.1 Å². The fourth-order valence-electron chi connectivity index (χ4n) is 3.35. The van der Waals surface area contributed by atoms with E-state index >= 15 is 0 Å². The summed E-state index contributed by atoms with van der Waals surface area (Å²) in [5.74, 6) is -1.07. The summed E-state index contributed by atoms with van der Waals surface area (Å²) < 4.78 is 10.6. The number of ether oxygens (including phenoxy) is 2. The molecule has 152 valence electrons. The maximum Gasteiger partial charge on any atom is 0.295 e. The van der Waals surface area contributed by atoms with Crippen molar-refractivity contribution in [3.05, 3.63) is 64.2 Å². The van der Waals surface area contributed by atoms with E-state index in [9.17, 15) is 19.8 Å². The van der Waals surface area contributed by atoms with Crippen molar-refractivity contribution < 1.29 is 29.3 Å². The Kier molecular flexibility index (Phi) is 6.10. The lowest BCUT2D eigenvalue weighted by atomic mass is 9.94. The van der Waals surface area contributed by atoms with Gasteiger partial charge in [-0.05, 0) is 36.4 Å². The summed E-state index contributed by atoms with van der Waals surface area (Å²) in [5.41, 5.74) is 0.736. The first-order valence-corrected chi connectivity index (χ1v) is 9.17. The molecule has 1 fully saturated rings. The number of halogens is 1. The predicted octanol–water partition coefficient (Wildman–Crippen LogP) is 2.77. The predicted molar refractivity (Wildman–Crippen MR) is 107 cm³/mol. The zero-order chi connectivity index (χ0) is 21.1. The number of benzene rings is 2. The van der Waals surface area contributed by atoms with Crippen molar-refractivity contribution in [1.29, 1.82) is 0 Å². The fourth-order valence-corrected chi connectivity index (χ4v) is 3.48. The molecule has 1 heterocycles. The first-order valence-electron chi connectivity index (χ1n) is 8.80. The average Bonchev–Trinajstić information content (AvgIpc) is 2.98. The largest absolute Gasteiger partial charge is 0.507 e. The number of rotatable bonds is 6. The summed E-state index contributed by atoms with van der Waals surface area (Å²) in [5, 5.41) is 20.8. The monoisotopic (exact) mass is 417 g/mol. The Hall–Kier alpha value is -3.03. The van der Waals surface area contributed by atoms with Gasteiger partial charge >= 0.3 is 0 Å². The van der Waals surface area contributed by atoms with Crippen molar-refractivity contribution in [2.45, 2.75) is 6.04 Å². The van der Waals surface area contributed by atoms with E-state index in [4.69, 9.17) is 21.1 Å². The van der Waals surface area contributed by atoms with Crippen LogP contribution >= 0.6 is 11.6 Å². The molecule has 0 saturated carbocycles. The molecule has 0 bridgehead atoms. The van der Waals surface area contributed by atoms with Crippen LogP contribution in [0.2, 0.25) is 5.02 Å². The second-order valence-electron chi connectivity index (χ2n) is 6.33. The highest BCUT2D eigenvalue weighted by Crippen LogP contribution is 2.43. The third-order valence-electron chi connectivity index (χ3n) is 4.73. The smallest absolute Gasteiger partial charge is 0.295 e. The van der Waals surface area contributed by atoms with Gasteiger partial charge in [0.2, 0.25) is 0 Å². The van der Waals surface area contributed by atoms with Gasteiger partial charge < -0.3 is 24.6 Å². The minimum Gasteiger partial charge on any atom is -0.507 e. The first-order chi connectivity index (χ1) is 13.9. The van der Waals surface area contributed by atoms with E-state index < -0.39 is 17.7 Å². The highest BCUT2D eigenvalue weighted by atomic mass is 35.5. The van der Waals surface area contributed by atoms with Crippen molar-refractivity contribution in [1.82, 2.24) is 4.90 Å². The zero-order valence-electron chi connectivity index (χ0n) is 15.9. The Morgan fingerprint density at radius 3 is 2.38 bits per heavy atom. The molecule has 2 N–H and O–H groups in total. The van der Waals surface area contributed by atoms with E-state index in [-0.39, 0.29) is 24.5 Å². The van der Waals surface area contributed by atoms with Crippen LogP contribution in [0.5, 0.6) is 11.5 Å². The van der Waals surface area contributed by atoms with Crippen molar-refractivity contribution in [3.8, 4) is 11.5 Å². The second-order valence-corrected chi connectivity index (χ2v) is 6.77. The lowest BCUT2D eigenvalue weighted by Crippen LogP contribution is -2.32. The van der Waals surface area contributed by atoms with Gasteiger partial charge in [-0.25, -0.2) is 0 Å². The number of amides is 1. The summed E-state index contributed by atoms with van der Waals surface area (Å²) in [4.78, 5) is 26.6. The number of Topliss-reactive ketones (excluding diaryl/α,β-unsaturated/α-hetero) is 1. The summed E-state index contributed by atoms with van der Waals surface area (Å²) >= 11 is 5.90. The molecule has 1 aliphatic heterocycles. The minimum absolute atomic E-state index is 0.0815. The van der Waals surface area contributed by atoms with Crippen LogP contribution in [0.1, 0.15) is 17.2 Å². The van der Waals surface area contributed by atoms with Crippen molar-refractivity contribution >= 4 is 29.1 Å². The number of carbonyl (C=O) groups is 2. The Labute approximate surface area is 172 Å². The molecule has 2 aromatic carbocycles. The molecule has 1 amide bonds. The molecule has 0 spiro atoms. The molecule has 1 aliphatic rings. The Balaban J connectivity index is 2.23. The lowest BCUT2D eigenvalue weighted by molar-refractivity contribution is -0.140. The molecule has 2 aromatic rings. The van der Waals surface area contributed by atoms with Gasteiger partial charge in [0.15, 0.2) is 0 Å². The third kappa shape index (κ3) is 3.79. The van der Waals surface area contributed by atoms with Crippen molar-refractivity contribution in [2.75, 3.05) is 27.4 Å². The van der Waals surface area contributed by atoms with Crippen LogP contribution in [0, 0.1) is 0 Å². The quantitative estimate of drug-likeness (QED) is 0.426. The van der Waals surface area contributed by atoms with Gasteiger partial charge in [0, 0.05) is 28.8 Å². The van der Waals surface area contributed by atoms with Crippen LogP contribution in [0.25, 0.3) is 5.76 Å². The summed E-state index contributed by atoms with van der Waals surface area (Å²) in [6.07, 6.45) is 0. The molecular formula is C21H20ClNO6. The normalized spacial score (nSPS) is 18.2. The number of β-amino-alcohol motifs (C(OH)–C–C–N with tert-alkyl or cyclic N) is 1. The third-order valence-corrected chi connectivity index (χ3v) is 4.99. The summed E-state index contributed by atoms with van der Waals surface area (Å²) in [7, 11) is 2.96. The molecule has 0 aliphatic carbocycles. The standard InChI is InChI=1S/C21H20ClNO6/c1-28-14-7-8-15(16(11-14)29-2)18-17(20(26)21(27)23(18)9-10-24)19(25)12-3-5-13(22)6-4-12/h3-8,11,18,24-25H,9-10H2,1-2H3/t18-/m1/s1. The van der Waals surface area contributed by atoms with Gasteiger partial charge in [0.1, 0.15) is 17.3 Å². The van der Waals surface area contributed by atoms with Gasteiger partial charge in [-0.1, -0.05) is 11.6 Å². The van der Waals surface area contributed by atoms with Crippen LogP contribution < -0.4 is 9.47 Å². The second kappa shape index (κ2) is 8.55. The number of aliphatic hydroxyl groups excluding tert-OH is 2.